The number of hydrogen-bond donors (Lipinski definition) is 1. The van der Waals surface area contributed by atoms with Gasteiger partial charge >= 0.3 is 0 Å². The molecular formula is C26H28FN5O2. The lowest BCUT2D eigenvalue weighted by molar-refractivity contribution is -0.0746. The minimum absolute atomic E-state index is 0.102. The fourth-order valence-electron chi connectivity index (χ4n) is 4.64. The Bertz CT molecular complexity index is 1190. The van der Waals surface area contributed by atoms with Gasteiger partial charge < -0.3 is 15.4 Å². The van der Waals surface area contributed by atoms with E-state index in [1.165, 1.54) is 6.07 Å². The first kappa shape index (κ1) is 22.4. The standard InChI is InChI=1S/C26H28FN5O2/c1-2-23-25(18-4-6-24(28)30-14-18)20(7-8-29-23)17-3-5-21(22(27)13-17)26(33)32-11-9-31(10-12-32)19-15-34-16-19/h3-8,13-14,19H,2,9-12,15-16H2,1H3,(H2,28,30). The maximum Gasteiger partial charge on any atom is 0.256 e. The van der Waals surface area contributed by atoms with Crippen LogP contribution in [0.25, 0.3) is 22.3 Å². The number of aryl methyl sites for hydroxylation is 1. The number of nitrogens with two attached hydrogens (primary N) is 1. The van der Waals surface area contributed by atoms with Crippen molar-refractivity contribution in [3.05, 3.63) is 65.9 Å². The van der Waals surface area contributed by atoms with E-state index in [0.717, 1.165) is 48.7 Å². The SMILES string of the molecule is CCc1nccc(-c2ccc(C(=O)N3CCN(C4COC4)CC3)c(F)c2)c1-c1ccc(N)nc1. The second-order valence-electron chi connectivity index (χ2n) is 8.72. The van der Waals surface area contributed by atoms with Crippen LogP contribution in [0, 0.1) is 5.82 Å². The van der Waals surface area contributed by atoms with Crippen LogP contribution in [-0.4, -0.2) is 71.1 Å². The first-order valence-corrected chi connectivity index (χ1v) is 11.7. The molecule has 0 unspecified atom stereocenters. The molecule has 2 aromatic heterocycles. The van der Waals surface area contributed by atoms with Crippen LogP contribution >= 0.6 is 0 Å². The predicted octanol–water partition coefficient (Wildman–Crippen LogP) is 3.25. The van der Waals surface area contributed by atoms with Crippen LogP contribution in [0.5, 0.6) is 0 Å². The number of halogens is 1. The fourth-order valence-corrected chi connectivity index (χ4v) is 4.64. The third-order valence-electron chi connectivity index (χ3n) is 6.69. The highest BCUT2D eigenvalue weighted by molar-refractivity contribution is 5.95. The molecule has 3 aromatic rings. The number of ether oxygens (including phenoxy) is 1. The summed E-state index contributed by atoms with van der Waals surface area (Å²) in [6.07, 6.45) is 4.15. The number of rotatable bonds is 5. The molecule has 2 saturated heterocycles. The van der Waals surface area contributed by atoms with Gasteiger partial charge in [0.25, 0.3) is 5.91 Å². The van der Waals surface area contributed by atoms with Gasteiger partial charge in [-0.05, 0) is 47.9 Å². The summed E-state index contributed by atoms with van der Waals surface area (Å²) in [4.78, 5) is 25.9. The zero-order valence-corrected chi connectivity index (χ0v) is 19.2. The van der Waals surface area contributed by atoms with E-state index in [-0.39, 0.29) is 11.5 Å². The van der Waals surface area contributed by atoms with Crippen LogP contribution in [-0.2, 0) is 11.2 Å². The molecule has 0 aliphatic carbocycles. The minimum atomic E-state index is -0.520. The molecule has 1 amide bonds. The summed E-state index contributed by atoms with van der Waals surface area (Å²) in [6.45, 7) is 6.30. The first-order chi connectivity index (χ1) is 16.5. The van der Waals surface area contributed by atoms with Gasteiger partial charge in [-0.1, -0.05) is 13.0 Å². The van der Waals surface area contributed by atoms with Crippen molar-refractivity contribution in [2.75, 3.05) is 45.1 Å². The molecule has 7 nitrogen and oxygen atoms in total. The van der Waals surface area contributed by atoms with Crippen LogP contribution in [0.1, 0.15) is 23.0 Å². The van der Waals surface area contributed by atoms with Gasteiger partial charge in [0.05, 0.1) is 24.8 Å². The van der Waals surface area contributed by atoms with Gasteiger partial charge in [0.1, 0.15) is 11.6 Å². The summed E-state index contributed by atoms with van der Waals surface area (Å²) in [6, 6.07) is 10.8. The van der Waals surface area contributed by atoms with Crippen LogP contribution in [0.2, 0.25) is 0 Å². The number of piperazine rings is 1. The van der Waals surface area contributed by atoms with E-state index in [1.54, 1.807) is 35.5 Å². The Morgan fingerprint density at radius 3 is 2.47 bits per heavy atom. The molecule has 0 atom stereocenters. The zero-order chi connectivity index (χ0) is 23.7. The summed E-state index contributed by atoms with van der Waals surface area (Å²) >= 11 is 0. The predicted molar refractivity (Wildman–Crippen MR) is 129 cm³/mol. The molecule has 4 heterocycles. The summed E-state index contributed by atoms with van der Waals surface area (Å²) in [5.41, 5.74) is 10.0. The molecule has 1 aromatic carbocycles. The minimum Gasteiger partial charge on any atom is -0.384 e. The molecule has 0 spiro atoms. The molecule has 8 heteroatoms. The summed E-state index contributed by atoms with van der Waals surface area (Å²) in [7, 11) is 0. The molecule has 34 heavy (non-hydrogen) atoms. The number of hydrogen-bond acceptors (Lipinski definition) is 6. The highest BCUT2D eigenvalue weighted by Crippen LogP contribution is 2.35. The van der Waals surface area contributed by atoms with Crippen molar-refractivity contribution in [1.29, 1.82) is 0 Å². The molecule has 176 valence electrons. The number of amides is 1. The van der Waals surface area contributed by atoms with E-state index >= 15 is 4.39 Å². The smallest absolute Gasteiger partial charge is 0.256 e. The number of pyridine rings is 2. The van der Waals surface area contributed by atoms with Gasteiger partial charge in [-0.15, -0.1) is 0 Å². The molecular weight excluding hydrogens is 433 g/mol. The molecule has 2 N–H and O–H groups in total. The Balaban J connectivity index is 1.41. The monoisotopic (exact) mass is 461 g/mol. The number of benzene rings is 1. The van der Waals surface area contributed by atoms with Gasteiger partial charge in [0.2, 0.25) is 0 Å². The van der Waals surface area contributed by atoms with E-state index < -0.39 is 5.82 Å². The summed E-state index contributed by atoms with van der Waals surface area (Å²) in [5, 5.41) is 0. The van der Waals surface area contributed by atoms with Crippen LogP contribution in [0.15, 0.2) is 48.8 Å². The lowest BCUT2D eigenvalue weighted by atomic mass is 9.93. The zero-order valence-electron chi connectivity index (χ0n) is 19.2. The van der Waals surface area contributed by atoms with Crippen LogP contribution in [0.3, 0.4) is 0 Å². The Labute approximate surface area is 198 Å². The van der Waals surface area contributed by atoms with E-state index in [0.29, 0.717) is 36.9 Å². The van der Waals surface area contributed by atoms with Crippen LogP contribution in [0.4, 0.5) is 10.2 Å². The second kappa shape index (κ2) is 9.48. The first-order valence-electron chi connectivity index (χ1n) is 11.7. The fraction of sp³-hybridized carbons (Fsp3) is 0.346. The molecule has 0 saturated carbocycles. The number of nitrogen functional groups attached to an aromatic ring is 1. The van der Waals surface area contributed by atoms with Crippen molar-refractivity contribution in [3.8, 4) is 22.3 Å². The summed E-state index contributed by atoms with van der Waals surface area (Å²) < 4.78 is 20.5. The maximum absolute atomic E-state index is 15.3. The highest BCUT2D eigenvalue weighted by atomic mass is 19.1. The maximum atomic E-state index is 15.3. The third-order valence-corrected chi connectivity index (χ3v) is 6.69. The van der Waals surface area contributed by atoms with Gasteiger partial charge in [-0.2, -0.15) is 0 Å². The Kier molecular flexibility index (Phi) is 6.26. The number of aromatic nitrogens is 2. The normalized spacial score (nSPS) is 16.9. The van der Waals surface area contributed by atoms with Gasteiger partial charge in [-0.3, -0.25) is 14.7 Å². The molecule has 2 aliphatic heterocycles. The van der Waals surface area contributed by atoms with E-state index in [9.17, 15) is 4.79 Å². The number of carbonyl (C=O) groups is 1. The van der Waals surface area contributed by atoms with E-state index in [2.05, 4.69) is 14.9 Å². The Morgan fingerprint density at radius 1 is 1.09 bits per heavy atom. The van der Waals surface area contributed by atoms with Crippen molar-refractivity contribution in [1.82, 2.24) is 19.8 Å². The highest BCUT2D eigenvalue weighted by Gasteiger charge is 2.31. The van der Waals surface area contributed by atoms with Crippen molar-refractivity contribution >= 4 is 11.7 Å². The van der Waals surface area contributed by atoms with E-state index in [4.69, 9.17) is 10.5 Å². The van der Waals surface area contributed by atoms with Crippen molar-refractivity contribution in [3.63, 3.8) is 0 Å². The Morgan fingerprint density at radius 2 is 1.85 bits per heavy atom. The van der Waals surface area contributed by atoms with Gasteiger partial charge in [0.15, 0.2) is 0 Å². The lowest BCUT2D eigenvalue weighted by Crippen LogP contribution is -2.57. The van der Waals surface area contributed by atoms with Crippen molar-refractivity contribution in [2.24, 2.45) is 0 Å². The quantitative estimate of drug-likeness (QED) is 0.628. The average Bonchev–Trinajstić information content (AvgIpc) is 2.83. The second-order valence-corrected chi connectivity index (χ2v) is 8.72. The molecule has 0 radical (unpaired) electrons. The van der Waals surface area contributed by atoms with Crippen molar-refractivity contribution in [2.45, 2.75) is 19.4 Å². The van der Waals surface area contributed by atoms with Crippen LogP contribution < -0.4 is 5.73 Å². The largest absolute Gasteiger partial charge is 0.384 e. The molecule has 2 fully saturated rings. The number of nitrogens with zero attached hydrogens (tertiary/aromatic N) is 4. The van der Waals surface area contributed by atoms with Gasteiger partial charge in [0, 0.05) is 55.4 Å². The Hall–Kier alpha value is -3.36. The number of anilines is 1. The third kappa shape index (κ3) is 4.26. The van der Waals surface area contributed by atoms with Crippen molar-refractivity contribution < 1.29 is 13.9 Å². The van der Waals surface area contributed by atoms with E-state index in [1.807, 2.05) is 19.1 Å². The molecule has 2 aliphatic rings. The molecule has 0 bridgehead atoms. The van der Waals surface area contributed by atoms with Gasteiger partial charge in [-0.25, -0.2) is 9.37 Å². The topological polar surface area (TPSA) is 84.6 Å². The average molecular weight is 462 g/mol. The molecule has 5 rings (SSSR count). The lowest BCUT2D eigenvalue weighted by Gasteiger charge is -2.42. The summed E-state index contributed by atoms with van der Waals surface area (Å²) in [5.74, 6) is -0.350. The number of carbonyl (C=O) groups excluding carboxylic acids is 1.